The van der Waals surface area contributed by atoms with Crippen LogP contribution in [-0.2, 0) is 6.42 Å². The number of thiazole rings is 1. The minimum atomic E-state index is -0.0990. The SMILES string of the molecule is CC(C)c1nc(CCNC(=O)c2ccc(-c3ccnc(N)n3)cc2)cs1. The lowest BCUT2D eigenvalue weighted by Gasteiger charge is -2.06. The number of hydrogen-bond acceptors (Lipinski definition) is 6. The fourth-order valence-corrected chi connectivity index (χ4v) is 3.31. The maximum absolute atomic E-state index is 12.3. The number of anilines is 1. The van der Waals surface area contributed by atoms with Crippen molar-refractivity contribution < 1.29 is 4.79 Å². The largest absolute Gasteiger partial charge is 0.368 e. The molecule has 3 rings (SSSR count). The van der Waals surface area contributed by atoms with Crippen LogP contribution in [0, 0.1) is 0 Å². The van der Waals surface area contributed by atoms with Gasteiger partial charge in [-0.25, -0.2) is 15.0 Å². The van der Waals surface area contributed by atoms with Crippen LogP contribution in [0.5, 0.6) is 0 Å². The second-order valence-corrected chi connectivity index (χ2v) is 7.10. The van der Waals surface area contributed by atoms with Gasteiger partial charge in [0.1, 0.15) is 0 Å². The van der Waals surface area contributed by atoms with Crippen molar-refractivity contribution in [1.82, 2.24) is 20.3 Å². The Hall–Kier alpha value is -2.80. The molecule has 134 valence electrons. The number of rotatable bonds is 6. The fraction of sp³-hybridized carbons (Fsp3) is 0.263. The number of amides is 1. The van der Waals surface area contributed by atoms with Gasteiger partial charge in [0.25, 0.3) is 5.91 Å². The van der Waals surface area contributed by atoms with E-state index in [1.54, 1.807) is 35.7 Å². The van der Waals surface area contributed by atoms with E-state index >= 15 is 0 Å². The average molecular weight is 367 g/mol. The number of hydrogen-bond donors (Lipinski definition) is 2. The molecule has 0 bridgehead atoms. The van der Waals surface area contributed by atoms with Gasteiger partial charge in [-0.1, -0.05) is 26.0 Å². The van der Waals surface area contributed by atoms with E-state index in [1.165, 1.54) is 0 Å². The Morgan fingerprint density at radius 1 is 1.19 bits per heavy atom. The Kier molecular flexibility index (Phi) is 5.58. The molecule has 0 radical (unpaired) electrons. The van der Waals surface area contributed by atoms with Crippen molar-refractivity contribution in [2.24, 2.45) is 0 Å². The third-order valence-electron chi connectivity index (χ3n) is 3.85. The first-order chi connectivity index (χ1) is 12.5. The molecule has 26 heavy (non-hydrogen) atoms. The van der Waals surface area contributed by atoms with Gasteiger partial charge in [-0.05, 0) is 18.2 Å². The normalized spacial score (nSPS) is 10.9. The van der Waals surface area contributed by atoms with Crippen LogP contribution in [0.2, 0.25) is 0 Å². The highest BCUT2D eigenvalue weighted by Gasteiger charge is 2.08. The van der Waals surface area contributed by atoms with Crippen molar-refractivity contribution in [1.29, 1.82) is 0 Å². The van der Waals surface area contributed by atoms with E-state index in [1.807, 2.05) is 12.1 Å². The molecule has 1 aromatic carbocycles. The van der Waals surface area contributed by atoms with Gasteiger partial charge in [0, 0.05) is 41.6 Å². The molecular weight excluding hydrogens is 346 g/mol. The molecule has 0 unspecified atom stereocenters. The molecule has 3 N–H and O–H groups in total. The average Bonchev–Trinajstić information content (AvgIpc) is 3.11. The van der Waals surface area contributed by atoms with Crippen LogP contribution < -0.4 is 11.1 Å². The fourth-order valence-electron chi connectivity index (χ4n) is 2.44. The van der Waals surface area contributed by atoms with E-state index in [4.69, 9.17) is 5.73 Å². The molecule has 0 aliphatic carbocycles. The van der Waals surface area contributed by atoms with Crippen molar-refractivity contribution in [3.8, 4) is 11.3 Å². The maximum Gasteiger partial charge on any atom is 0.251 e. The summed E-state index contributed by atoms with van der Waals surface area (Å²) in [5.41, 5.74) is 8.85. The highest BCUT2D eigenvalue weighted by Crippen LogP contribution is 2.19. The van der Waals surface area contributed by atoms with Crippen LogP contribution in [0.1, 0.15) is 40.8 Å². The monoisotopic (exact) mass is 367 g/mol. The Morgan fingerprint density at radius 2 is 1.96 bits per heavy atom. The molecule has 0 atom stereocenters. The first kappa shape index (κ1) is 18.0. The minimum absolute atomic E-state index is 0.0990. The summed E-state index contributed by atoms with van der Waals surface area (Å²) in [5.74, 6) is 0.567. The number of nitrogen functional groups attached to an aromatic ring is 1. The molecule has 0 aliphatic heterocycles. The first-order valence-corrected chi connectivity index (χ1v) is 9.32. The molecule has 0 spiro atoms. The molecule has 0 saturated heterocycles. The van der Waals surface area contributed by atoms with Crippen LogP contribution in [0.3, 0.4) is 0 Å². The number of aromatic nitrogens is 3. The van der Waals surface area contributed by atoms with Crippen molar-refractivity contribution in [3.05, 3.63) is 58.2 Å². The van der Waals surface area contributed by atoms with Crippen molar-refractivity contribution in [2.75, 3.05) is 12.3 Å². The zero-order chi connectivity index (χ0) is 18.5. The van der Waals surface area contributed by atoms with Gasteiger partial charge in [0.2, 0.25) is 5.95 Å². The Morgan fingerprint density at radius 3 is 2.62 bits per heavy atom. The first-order valence-electron chi connectivity index (χ1n) is 8.44. The van der Waals surface area contributed by atoms with Gasteiger partial charge >= 0.3 is 0 Å². The number of carbonyl (C=O) groups excluding carboxylic acids is 1. The molecule has 0 fully saturated rings. The molecule has 0 aliphatic rings. The lowest BCUT2D eigenvalue weighted by molar-refractivity contribution is 0.0954. The quantitative estimate of drug-likeness (QED) is 0.697. The summed E-state index contributed by atoms with van der Waals surface area (Å²) < 4.78 is 0. The lowest BCUT2D eigenvalue weighted by Crippen LogP contribution is -2.25. The molecule has 2 heterocycles. The van der Waals surface area contributed by atoms with Crippen LogP contribution in [-0.4, -0.2) is 27.4 Å². The van der Waals surface area contributed by atoms with E-state index in [9.17, 15) is 4.79 Å². The van der Waals surface area contributed by atoms with Crippen molar-refractivity contribution >= 4 is 23.2 Å². The molecule has 2 aromatic heterocycles. The summed E-state index contributed by atoms with van der Waals surface area (Å²) in [7, 11) is 0. The number of nitrogens with zero attached hydrogens (tertiary/aromatic N) is 3. The minimum Gasteiger partial charge on any atom is -0.368 e. The van der Waals surface area contributed by atoms with Crippen LogP contribution in [0.15, 0.2) is 41.9 Å². The standard InChI is InChI=1S/C19H21N5OS/c1-12(2)18-23-15(11-26-18)7-9-21-17(25)14-5-3-13(4-6-14)16-8-10-22-19(20)24-16/h3-6,8,10-12H,7,9H2,1-2H3,(H,21,25)(H2,20,22,24). The van der Waals surface area contributed by atoms with E-state index in [-0.39, 0.29) is 11.9 Å². The second-order valence-electron chi connectivity index (χ2n) is 6.22. The van der Waals surface area contributed by atoms with Gasteiger partial charge < -0.3 is 11.1 Å². The van der Waals surface area contributed by atoms with E-state index in [2.05, 4.69) is 39.5 Å². The Balaban J connectivity index is 1.56. The maximum atomic E-state index is 12.3. The zero-order valence-electron chi connectivity index (χ0n) is 14.8. The Bertz CT molecular complexity index is 889. The van der Waals surface area contributed by atoms with Crippen LogP contribution in [0.25, 0.3) is 11.3 Å². The predicted molar refractivity (Wildman–Crippen MR) is 104 cm³/mol. The van der Waals surface area contributed by atoms with Crippen molar-refractivity contribution in [2.45, 2.75) is 26.2 Å². The number of nitrogens with one attached hydrogen (secondary N) is 1. The van der Waals surface area contributed by atoms with Gasteiger partial charge in [-0.3, -0.25) is 4.79 Å². The summed E-state index contributed by atoms with van der Waals surface area (Å²) in [6.45, 7) is 4.82. The summed E-state index contributed by atoms with van der Waals surface area (Å²) in [5, 5.41) is 6.13. The zero-order valence-corrected chi connectivity index (χ0v) is 15.6. The third-order valence-corrected chi connectivity index (χ3v) is 5.04. The van der Waals surface area contributed by atoms with Crippen LogP contribution >= 0.6 is 11.3 Å². The molecular formula is C19H21N5OS. The predicted octanol–water partition coefficient (Wildman–Crippen LogP) is 3.28. The number of nitrogens with two attached hydrogens (primary N) is 1. The number of carbonyl (C=O) groups is 1. The van der Waals surface area contributed by atoms with E-state index in [0.717, 1.165) is 28.4 Å². The highest BCUT2D eigenvalue weighted by molar-refractivity contribution is 7.09. The molecule has 3 aromatic rings. The van der Waals surface area contributed by atoms with Crippen molar-refractivity contribution in [3.63, 3.8) is 0 Å². The summed E-state index contributed by atoms with van der Waals surface area (Å²) in [4.78, 5) is 24.9. The smallest absolute Gasteiger partial charge is 0.251 e. The highest BCUT2D eigenvalue weighted by atomic mass is 32.1. The summed E-state index contributed by atoms with van der Waals surface area (Å²) in [6, 6.07) is 9.05. The van der Waals surface area contributed by atoms with Gasteiger partial charge in [0.05, 0.1) is 16.4 Å². The van der Waals surface area contributed by atoms with Gasteiger partial charge in [-0.15, -0.1) is 11.3 Å². The van der Waals surface area contributed by atoms with Gasteiger partial charge in [0.15, 0.2) is 0 Å². The summed E-state index contributed by atoms with van der Waals surface area (Å²) in [6.07, 6.45) is 2.34. The van der Waals surface area contributed by atoms with E-state index < -0.39 is 0 Å². The molecule has 0 saturated carbocycles. The van der Waals surface area contributed by atoms with Gasteiger partial charge in [-0.2, -0.15) is 0 Å². The van der Waals surface area contributed by atoms with Crippen LogP contribution in [0.4, 0.5) is 5.95 Å². The molecule has 1 amide bonds. The lowest BCUT2D eigenvalue weighted by atomic mass is 10.1. The Labute approximate surface area is 156 Å². The number of benzene rings is 1. The molecule has 6 nitrogen and oxygen atoms in total. The third kappa shape index (κ3) is 4.43. The van der Waals surface area contributed by atoms with E-state index in [0.29, 0.717) is 18.0 Å². The summed E-state index contributed by atoms with van der Waals surface area (Å²) >= 11 is 1.67. The second kappa shape index (κ2) is 8.05. The topological polar surface area (TPSA) is 93.8 Å². The molecule has 7 heteroatoms.